The molecule has 2 amide bonds. The van der Waals surface area contributed by atoms with Crippen LogP contribution < -0.4 is 5.32 Å². The molecule has 0 spiro atoms. The van der Waals surface area contributed by atoms with E-state index in [-0.39, 0.29) is 6.03 Å². The van der Waals surface area contributed by atoms with Gasteiger partial charge in [-0.15, -0.1) is 0 Å². The summed E-state index contributed by atoms with van der Waals surface area (Å²) in [6.07, 6.45) is 1.86. The van der Waals surface area contributed by atoms with Crippen LogP contribution >= 0.6 is 0 Å². The Bertz CT molecular complexity index is 270. The molecular formula is C10H18N2O3. The number of carboxylic acids is 1. The average Bonchev–Trinajstić information content (AvgIpc) is 2.14. The number of aliphatic carboxylic acids is 1. The van der Waals surface area contributed by atoms with Gasteiger partial charge in [-0.3, -0.25) is 0 Å². The minimum absolute atomic E-state index is 0.387. The fourth-order valence-corrected chi connectivity index (χ4v) is 0.809. The molecule has 0 bridgehead atoms. The van der Waals surface area contributed by atoms with Crippen molar-refractivity contribution in [1.29, 1.82) is 0 Å². The summed E-state index contributed by atoms with van der Waals surface area (Å²) in [4.78, 5) is 23.1. The molecule has 0 heterocycles. The zero-order valence-corrected chi connectivity index (χ0v) is 9.57. The molecule has 0 aliphatic carbocycles. The highest BCUT2D eigenvalue weighted by Crippen LogP contribution is 1.96. The van der Waals surface area contributed by atoms with Crippen LogP contribution in [0.5, 0.6) is 0 Å². The van der Waals surface area contributed by atoms with E-state index in [9.17, 15) is 9.59 Å². The molecule has 0 aliphatic heterocycles. The number of carbonyl (C=O) groups is 2. The normalized spacial score (nSPS) is 11.5. The summed E-state index contributed by atoms with van der Waals surface area (Å²) in [6.45, 7) is 5.73. The van der Waals surface area contributed by atoms with E-state index in [1.165, 1.54) is 14.0 Å². The van der Waals surface area contributed by atoms with Crippen LogP contribution in [-0.2, 0) is 4.79 Å². The number of carboxylic acid groups (broad SMARTS) is 1. The summed E-state index contributed by atoms with van der Waals surface area (Å²) < 4.78 is 0. The first kappa shape index (κ1) is 13.5. The van der Waals surface area contributed by atoms with E-state index in [0.717, 1.165) is 10.5 Å². The Morgan fingerprint density at radius 1 is 1.47 bits per heavy atom. The SMILES string of the molecule is CC(C)=CCNC(=O)N(C)C(C)C(=O)O. The minimum atomic E-state index is -1.02. The molecule has 1 unspecified atom stereocenters. The second-order valence-electron chi connectivity index (χ2n) is 3.59. The number of likely N-dealkylation sites (N-methyl/N-ethyl adjacent to an activating group) is 1. The number of rotatable bonds is 4. The fraction of sp³-hybridized carbons (Fsp3) is 0.600. The van der Waals surface area contributed by atoms with Gasteiger partial charge in [-0.2, -0.15) is 0 Å². The van der Waals surface area contributed by atoms with Gasteiger partial charge < -0.3 is 15.3 Å². The molecule has 0 aromatic heterocycles. The first-order valence-electron chi connectivity index (χ1n) is 4.73. The van der Waals surface area contributed by atoms with Gasteiger partial charge in [-0.1, -0.05) is 11.6 Å². The van der Waals surface area contributed by atoms with Gasteiger partial charge in [-0.05, 0) is 20.8 Å². The number of urea groups is 1. The van der Waals surface area contributed by atoms with E-state index in [1.54, 1.807) is 0 Å². The van der Waals surface area contributed by atoms with Gasteiger partial charge in [0.15, 0.2) is 0 Å². The van der Waals surface area contributed by atoms with Crippen molar-refractivity contribution in [3.05, 3.63) is 11.6 Å². The maximum Gasteiger partial charge on any atom is 0.326 e. The third-order valence-corrected chi connectivity index (χ3v) is 2.02. The van der Waals surface area contributed by atoms with E-state index >= 15 is 0 Å². The Balaban J connectivity index is 4.11. The molecule has 1 atom stereocenters. The van der Waals surface area contributed by atoms with Crippen molar-refractivity contribution < 1.29 is 14.7 Å². The molecule has 0 saturated heterocycles. The summed E-state index contributed by atoms with van der Waals surface area (Å²) in [6, 6.07) is -1.21. The summed E-state index contributed by atoms with van der Waals surface area (Å²) >= 11 is 0. The van der Waals surface area contributed by atoms with Crippen molar-refractivity contribution in [1.82, 2.24) is 10.2 Å². The zero-order chi connectivity index (χ0) is 12.0. The predicted octanol–water partition coefficient (Wildman–Crippen LogP) is 1.07. The standard InChI is InChI=1S/C10H18N2O3/c1-7(2)5-6-11-10(15)12(4)8(3)9(13)14/h5,8H,6H2,1-4H3,(H,11,15)(H,13,14). The zero-order valence-electron chi connectivity index (χ0n) is 9.57. The molecule has 0 aliphatic rings. The molecule has 2 N–H and O–H groups in total. The molecule has 5 nitrogen and oxygen atoms in total. The third-order valence-electron chi connectivity index (χ3n) is 2.02. The summed E-state index contributed by atoms with van der Waals surface area (Å²) in [7, 11) is 1.45. The Morgan fingerprint density at radius 3 is 2.40 bits per heavy atom. The molecule has 0 aromatic carbocycles. The molecule has 0 fully saturated rings. The van der Waals surface area contributed by atoms with Crippen molar-refractivity contribution in [2.75, 3.05) is 13.6 Å². The van der Waals surface area contributed by atoms with E-state index in [2.05, 4.69) is 5.32 Å². The number of hydrogen-bond acceptors (Lipinski definition) is 2. The minimum Gasteiger partial charge on any atom is -0.480 e. The Labute approximate surface area is 89.8 Å². The van der Waals surface area contributed by atoms with Gasteiger partial charge in [0.25, 0.3) is 0 Å². The lowest BCUT2D eigenvalue weighted by Gasteiger charge is -2.21. The Morgan fingerprint density at radius 2 is 2.00 bits per heavy atom. The number of hydrogen-bond donors (Lipinski definition) is 2. The average molecular weight is 214 g/mol. The molecule has 0 saturated carbocycles. The van der Waals surface area contributed by atoms with E-state index in [4.69, 9.17) is 5.11 Å². The lowest BCUT2D eigenvalue weighted by molar-refractivity contribution is -0.141. The van der Waals surface area contributed by atoms with Crippen molar-refractivity contribution >= 4 is 12.0 Å². The number of amides is 2. The van der Waals surface area contributed by atoms with Gasteiger partial charge in [0, 0.05) is 13.6 Å². The number of nitrogens with zero attached hydrogens (tertiary/aromatic N) is 1. The second kappa shape index (κ2) is 6.06. The smallest absolute Gasteiger partial charge is 0.326 e. The Kier molecular flexibility index (Phi) is 5.44. The monoisotopic (exact) mass is 214 g/mol. The predicted molar refractivity (Wildman–Crippen MR) is 57.7 cm³/mol. The van der Waals surface area contributed by atoms with Crippen LogP contribution in [0, 0.1) is 0 Å². The lowest BCUT2D eigenvalue weighted by Crippen LogP contribution is -2.45. The van der Waals surface area contributed by atoms with Crippen molar-refractivity contribution in [3.8, 4) is 0 Å². The Hall–Kier alpha value is -1.52. The van der Waals surface area contributed by atoms with E-state index < -0.39 is 12.0 Å². The quantitative estimate of drug-likeness (QED) is 0.688. The van der Waals surface area contributed by atoms with Crippen LogP contribution in [0.3, 0.4) is 0 Å². The van der Waals surface area contributed by atoms with E-state index in [1.807, 2.05) is 19.9 Å². The van der Waals surface area contributed by atoms with Gasteiger partial charge in [0.1, 0.15) is 6.04 Å². The molecule has 15 heavy (non-hydrogen) atoms. The highest BCUT2D eigenvalue weighted by Gasteiger charge is 2.20. The molecule has 5 heteroatoms. The van der Waals surface area contributed by atoms with Crippen LogP contribution in [0.2, 0.25) is 0 Å². The van der Waals surface area contributed by atoms with Crippen molar-refractivity contribution in [2.45, 2.75) is 26.8 Å². The molecule has 0 rings (SSSR count). The number of nitrogens with one attached hydrogen (secondary N) is 1. The first-order chi connectivity index (χ1) is 6.86. The van der Waals surface area contributed by atoms with Gasteiger partial charge in [-0.25, -0.2) is 9.59 Å². The van der Waals surface area contributed by atoms with E-state index in [0.29, 0.717) is 6.54 Å². The van der Waals surface area contributed by atoms with Crippen LogP contribution in [0.25, 0.3) is 0 Å². The maximum atomic E-state index is 11.4. The maximum absolute atomic E-state index is 11.4. The number of allylic oxidation sites excluding steroid dienone is 1. The largest absolute Gasteiger partial charge is 0.480 e. The van der Waals surface area contributed by atoms with Gasteiger partial charge in [0.2, 0.25) is 0 Å². The van der Waals surface area contributed by atoms with Crippen LogP contribution in [-0.4, -0.2) is 41.6 Å². The topological polar surface area (TPSA) is 69.6 Å². The number of carbonyl (C=O) groups excluding carboxylic acids is 1. The van der Waals surface area contributed by atoms with Crippen LogP contribution in [0.4, 0.5) is 4.79 Å². The molecule has 86 valence electrons. The van der Waals surface area contributed by atoms with Gasteiger partial charge >= 0.3 is 12.0 Å². The first-order valence-corrected chi connectivity index (χ1v) is 4.73. The van der Waals surface area contributed by atoms with Crippen molar-refractivity contribution in [3.63, 3.8) is 0 Å². The summed E-state index contributed by atoms with van der Waals surface area (Å²) in [5.74, 6) is -1.02. The lowest BCUT2D eigenvalue weighted by atomic mass is 10.3. The molecule has 0 radical (unpaired) electrons. The highest BCUT2D eigenvalue weighted by molar-refractivity contribution is 5.82. The van der Waals surface area contributed by atoms with Crippen LogP contribution in [0.1, 0.15) is 20.8 Å². The summed E-state index contributed by atoms with van der Waals surface area (Å²) in [5, 5.41) is 11.3. The van der Waals surface area contributed by atoms with Gasteiger partial charge in [0.05, 0.1) is 0 Å². The van der Waals surface area contributed by atoms with Crippen molar-refractivity contribution in [2.24, 2.45) is 0 Å². The highest BCUT2D eigenvalue weighted by atomic mass is 16.4. The molecular weight excluding hydrogens is 196 g/mol. The fourth-order valence-electron chi connectivity index (χ4n) is 0.809. The third kappa shape index (κ3) is 5.05. The molecule has 0 aromatic rings. The second-order valence-corrected chi connectivity index (χ2v) is 3.59. The summed E-state index contributed by atoms with van der Waals surface area (Å²) in [5.41, 5.74) is 1.10. The van der Waals surface area contributed by atoms with Crippen LogP contribution in [0.15, 0.2) is 11.6 Å².